The average Bonchev–Trinajstić information content (AvgIpc) is 2.99. The van der Waals surface area contributed by atoms with E-state index < -0.39 is 22.2 Å². The Hall–Kier alpha value is -2.61. The predicted octanol–water partition coefficient (Wildman–Crippen LogP) is 5.18. The summed E-state index contributed by atoms with van der Waals surface area (Å²) in [4.78, 5) is 4.02. The molecule has 4 rings (SSSR count). The number of rotatable bonds is 5. The molecule has 1 saturated carbocycles. The number of fused-ring (bicyclic) bond motifs is 1. The van der Waals surface area contributed by atoms with E-state index in [4.69, 9.17) is 11.6 Å². The summed E-state index contributed by atoms with van der Waals surface area (Å²) in [5, 5.41) is 10.3. The van der Waals surface area contributed by atoms with Crippen LogP contribution < -0.4 is 4.72 Å². The molecule has 1 aliphatic carbocycles. The van der Waals surface area contributed by atoms with Crippen molar-refractivity contribution in [3.05, 3.63) is 47.1 Å². The van der Waals surface area contributed by atoms with Gasteiger partial charge in [-0.25, -0.2) is 8.42 Å². The zero-order valence-electron chi connectivity index (χ0n) is 16.8. The second-order valence-electron chi connectivity index (χ2n) is 7.72. The van der Waals surface area contributed by atoms with Crippen molar-refractivity contribution in [3.8, 4) is 17.3 Å². The first kappa shape index (κ1) is 22.6. The average molecular weight is 483 g/mol. The van der Waals surface area contributed by atoms with Gasteiger partial charge in [0.25, 0.3) is 0 Å². The van der Waals surface area contributed by atoms with E-state index in [1.807, 2.05) is 4.57 Å². The highest BCUT2D eigenvalue weighted by atomic mass is 35.5. The molecule has 0 bridgehead atoms. The molecular formula is C21H18ClF3N4O2S. The third kappa shape index (κ3) is 3.96. The van der Waals surface area contributed by atoms with Crippen molar-refractivity contribution in [2.75, 3.05) is 0 Å². The lowest BCUT2D eigenvalue weighted by Crippen LogP contribution is -2.42. The predicted molar refractivity (Wildman–Crippen MR) is 114 cm³/mol. The molecule has 1 aliphatic rings. The quantitative estimate of drug-likeness (QED) is 0.542. The number of pyridine rings is 1. The molecule has 168 valence electrons. The lowest BCUT2D eigenvalue weighted by molar-refractivity contribution is -0.147. The Bertz CT molecular complexity index is 1320. The third-order valence-electron chi connectivity index (χ3n) is 5.62. The SMILES string of the molecule is C[C@H](NS(=O)(=O)c1ccc(-c2c(C#N)c3ncc(Cl)cc3n2C2CCC2)cc1)C(F)(F)F. The maximum Gasteiger partial charge on any atom is 0.404 e. The number of benzene rings is 1. The Morgan fingerprint density at radius 3 is 2.47 bits per heavy atom. The van der Waals surface area contributed by atoms with Crippen LogP contribution in [0.5, 0.6) is 0 Å². The lowest BCUT2D eigenvalue weighted by atomic mass is 9.92. The van der Waals surface area contributed by atoms with E-state index in [9.17, 15) is 26.9 Å². The van der Waals surface area contributed by atoms with Crippen LogP contribution in [0.3, 0.4) is 0 Å². The van der Waals surface area contributed by atoms with Gasteiger partial charge in [0, 0.05) is 12.2 Å². The van der Waals surface area contributed by atoms with Crippen molar-refractivity contribution in [2.24, 2.45) is 0 Å². The van der Waals surface area contributed by atoms with Crippen LogP contribution in [0.4, 0.5) is 13.2 Å². The number of halogens is 4. The summed E-state index contributed by atoms with van der Waals surface area (Å²) < 4.78 is 66.7. The van der Waals surface area contributed by atoms with Gasteiger partial charge < -0.3 is 4.57 Å². The summed E-state index contributed by atoms with van der Waals surface area (Å²) in [6, 6.07) is 7.27. The third-order valence-corrected chi connectivity index (χ3v) is 7.38. The first-order valence-electron chi connectivity index (χ1n) is 9.82. The number of nitriles is 1. The highest BCUT2D eigenvalue weighted by Crippen LogP contribution is 2.42. The summed E-state index contributed by atoms with van der Waals surface area (Å²) in [6.45, 7) is 0.736. The van der Waals surface area contributed by atoms with Crippen molar-refractivity contribution < 1.29 is 21.6 Å². The summed E-state index contributed by atoms with van der Waals surface area (Å²) in [7, 11) is -4.38. The number of sulfonamides is 1. The van der Waals surface area contributed by atoms with Gasteiger partial charge in [0.15, 0.2) is 0 Å². The second-order valence-corrected chi connectivity index (χ2v) is 9.87. The maximum absolute atomic E-state index is 12.8. The molecule has 0 radical (unpaired) electrons. The monoisotopic (exact) mass is 482 g/mol. The molecule has 11 heteroatoms. The fraction of sp³-hybridized carbons (Fsp3) is 0.333. The fourth-order valence-corrected chi connectivity index (χ4v) is 5.11. The molecule has 6 nitrogen and oxygen atoms in total. The van der Waals surface area contributed by atoms with Crippen LogP contribution in [0.25, 0.3) is 22.3 Å². The molecule has 1 aromatic carbocycles. The van der Waals surface area contributed by atoms with Crippen LogP contribution >= 0.6 is 11.6 Å². The fourth-order valence-electron chi connectivity index (χ4n) is 3.73. The van der Waals surface area contributed by atoms with Gasteiger partial charge in [0.2, 0.25) is 10.0 Å². The van der Waals surface area contributed by atoms with Crippen LogP contribution in [0.15, 0.2) is 41.4 Å². The number of hydrogen-bond donors (Lipinski definition) is 1. The Morgan fingerprint density at radius 2 is 1.94 bits per heavy atom. The summed E-state index contributed by atoms with van der Waals surface area (Å²) in [5.74, 6) is 0. The van der Waals surface area contributed by atoms with Gasteiger partial charge in [-0.05, 0) is 49.9 Å². The molecule has 0 saturated heterocycles. The number of nitrogens with zero attached hydrogens (tertiary/aromatic N) is 3. The molecule has 0 aliphatic heterocycles. The number of alkyl halides is 3. The lowest BCUT2D eigenvalue weighted by Gasteiger charge is -2.30. The first-order chi connectivity index (χ1) is 15.0. The van der Waals surface area contributed by atoms with Gasteiger partial charge in [-0.15, -0.1) is 0 Å². The minimum atomic E-state index is -4.70. The highest BCUT2D eigenvalue weighted by molar-refractivity contribution is 7.89. The minimum Gasteiger partial charge on any atom is -0.335 e. The van der Waals surface area contributed by atoms with E-state index in [2.05, 4.69) is 11.1 Å². The van der Waals surface area contributed by atoms with Gasteiger partial charge in [-0.1, -0.05) is 23.7 Å². The van der Waals surface area contributed by atoms with E-state index in [0.29, 0.717) is 32.9 Å². The topological polar surface area (TPSA) is 87.8 Å². The molecule has 2 heterocycles. The van der Waals surface area contributed by atoms with Gasteiger partial charge in [0.1, 0.15) is 23.2 Å². The molecule has 3 aromatic rings. The molecule has 0 unspecified atom stereocenters. The van der Waals surface area contributed by atoms with E-state index in [1.165, 1.54) is 30.5 Å². The summed E-state index contributed by atoms with van der Waals surface area (Å²) in [5.41, 5.74) is 2.69. The molecule has 0 spiro atoms. The van der Waals surface area contributed by atoms with Crippen LogP contribution in [-0.2, 0) is 10.0 Å². The second kappa shape index (κ2) is 8.06. The van der Waals surface area contributed by atoms with Crippen molar-refractivity contribution >= 4 is 32.7 Å². The van der Waals surface area contributed by atoms with Crippen molar-refractivity contribution in [3.63, 3.8) is 0 Å². The first-order valence-corrected chi connectivity index (χ1v) is 11.7. The number of aromatic nitrogens is 2. The molecule has 1 fully saturated rings. The minimum absolute atomic E-state index is 0.146. The molecule has 2 aromatic heterocycles. The van der Waals surface area contributed by atoms with Crippen LogP contribution in [0, 0.1) is 11.3 Å². The molecule has 32 heavy (non-hydrogen) atoms. The standard InChI is InChI=1S/C21H18ClF3N4O2S/c1-12(21(23,24)25)28-32(30,31)16-7-5-13(6-8-16)20-17(10-26)19-18(9-14(22)11-27-19)29(20)15-3-2-4-15/h5-9,11-12,15,28H,2-4H2,1H3/t12-/m0/s1. The number of nitrogens with one attached hydrogen (secondary N) is 1. The van der Waals surface area contributed by atoms with Crippen molar-refractivity contribution in [1.82, 2.24) is 14.3 Å². The van der Waals surface area contributed by atoms with Crippen LogP contribution in [0.1, 0.15) is 37.8 Å². The zero-order chi connectivity index (χ0) is 23.3. The van der Waals surface area contributed by atoms with E-state index in [1.54, 1.807) is 10.8 Å². The smallest absolute Gasteiger partial charge is 0.335 e. The van der Waals surface area contributed by atoms with E-state index in [-0.39, 0.29) is 10.9 Å². The van der Waals surface area contributed by atoms with Gasteiger partial charge in [-0.3, -0.25) is 4.98 Å². The van der Waals surface area contributed by atoms with Gasteiger partial charge >= 0.3 is 6.18 Å². The normalized spacial score (nSPS) is 16.0. The van der Waals surface area contributed by atoms with Gasteiger partial charge in [-0.2, -0.15) is 23.2 Å². The Labute approximate surface area is 187 Å². The van der Waals surface area contributed by atoms with Crippen LogP contribution in [-0.4, -0.2) is 30.2 Å². The van der Waals surface area contributed by atoms with Crippen molar-refractivity contribution in [2.45, 2.75) is 49.3 Å². The molecule has 0 amide bonds. The number of hydrogen-bond acceptors (Lipinski definition) is 4. The van der Waals surface area contributed by atoms with Crippen LogP contribution in [0.2, 0.25) is 5.02 Å². The maximum atomic E-state index is 12.8. The summed E-state index contributed by atoms with van der Waals surface area (Å²) in [6.07, 6.45) is -0.366. The Morgan fingerprint density at radius 1 is 1.28 bits per heavy atom. The van der Waals surface area contributed by atoms with Crippen molar-refractivity contribution in [1.29, 1.82) is 5.26 Å². The highest BCUT2D eigenvalue weighted by Gasteiger charge is 2.39. The van der Waals surface area contributed by atoms with E-state index >= 15 is 0 Å². The largest absolute Gasteiger partial charge is 0.404 e. The van der Waals surface area contributed by atoms with Gasteiger partial charge in [0.05, 0.1) is 21.1 Å². The summed E-state index contributed by atoms with van der Waals surface area (Å²) >= 11 is 6.14. The molecular weight excluding hydrogens is 465 g/mol. The zero-order valence-corrected chi connectivity index (χ0v) is 18.4. The Balaban J connectivity index is 1.80. The molecule has 1 atom stereocenters. The Kier molecular flexibility index (Phi) is 5.69. The van der Waals surface area contributed by atoms with E-state index in [0.717, 1.165) is 26.2 Å². The molecule has 1 N–H and O–H groups in total.